The Morgan fingerprint density at radius 3 is 1.21 bits per heavy atom. The average Bonchev–Trinajstić information content (AvgIpc) is 2.79. The molecule has 0 aliphatic heterocycles. The maximum absolute atomic E-state index is 11.9. The molecule has 0 saturated heterocycles. The van der Waals surface area contributed by atoms with Crippen molar-refractivity contribution in [2.45, 2.75) is 89.1 Å². The smallest absolute Gasteiger partial charge is 0.236 e. The third-order valence-electron chi connectivity index (χ3n) is 5.31. The number of hydrogen-bond acceptors (Lipinski definition) is 6. The highest BCUT2D eigenvalue weighted by atomic mass is 16.2. The predicted molar refractivity (Wildman–Crippen MR) is 139 cm³/mol. The van der Waals surface area contributed by atoms with E-state index in [1.54, 1.807) is 0 Å². The number of hydrogen-bond donors (Lipinski definition) is 8. The molecule has 0 saturated carbocycles. The lowest BCUT2D eigenvalue weighted by atomic mass is 10.1. The summed E-state index contributed by atoms with van der Waals surface area (Å²) in [5.74, 6) is -0.139. The van der Waals surface area contributed by atoms with E-state index in [4.69, 9.17) is 34.4 Å². The van der Waals surface area contributed by atoms with Crippen LogP contribution in [0.25, 0.3) is 0 Å². The zero-order valence-electron chi connectivity index (χ0n) is 20.6. The summed E-state index contributed by atoms with van der Waals surface area (Å²) in [6.45, 7) is 2.26. The van der Waals surface area contributed by atoms with Gasteiger partial charge in [-0.2, -0.15) is 0 Å². The molecule has 0 radical (unpaired) electrons. The van der Waals surface area contributed by atoms with Crippen LogP contribution in [0, 0.1) is 0 Å². The second-order valence-corrected chi connectivity index (χ2v) is 8.52. The van der Waals surface area contributed by atoms with Gasteiger partial charge in [-0.3, -0.25) is 19.6 Å². The van der Waals surface area contributed by atoms with E-state index in [9.17, 15) is 9.59 Å². The van der Waals surface area contributed by atoms with Crippen molar-refractivity contribution in [2.75, 3.05) is 26.2 Å². The van der Waals surface area contributed by atoms with Gasteiger partial charge in [-0.25, -0.2) is 0 Å². The van der Waals surface area contributed by atoms with Gasteiger partial charge in [0.2, 0.25) is 11.8 Å². The maximum atomic E-state index is 11.9. The van der Waals surface area contributed by atoms with Gasteiger partial charge < -0.3 is 45.0 Å². The summed E-state index contributed by atoms with van der Waals surface area (Å²) in [5, 5.41) is 5.77. The zero-order valence-corrected chi connectivity index (χ0v) is 20.6. The Balaban J connectivity index is 3.49. The zero-order chi connectivity index (χ0) is 25.6. The fourth-order valence-corrected chi connectivity index (χ4v) is 3.30. The fourth-order valence-electron chi connectivity index (χ4n) is 3.30. The molecule has 2 amide bonds. The van der Waals surface area contributed by atoms with E-state index < -0.39 is 12.1 Å². The minimum Gasteiger partial charge on any atom is -0.370 e. The first-order valence-corrected chi connectivity index (χ1v) is 12.4. The average molecular weight is 485 g/mol. The Bertz CT molecular complexity index is 552. The van der Waals surface area contributed by atoms with Crippen molar-refractivity contribution in [3.05, 3.63) is 0 Å². The minimum atomic E-state index is -0.523. The number of nitrogens with one attached hydrogen (secondary N) is 2. The number of nitrogens with two attached hydrogens (primary N) is 6. The number of guanidine groups is 2. The Morgan fingerprint density at radius 2 is 0.882 bits per heavy atom. The molecule has 12 nitrogen and oxygen atoms in total. The Hall–Kier alpha value is -2.60. The largest absolute Gasteiger partial charge is 0.370 e. The lowest BCUT2D eigenvalue weighted by Gasteiger charge is -2.12. The molecule has 0 aromatic rings. The number of amides is 2. The van der Waals surface area contributed by atoms with Crippen LogP contribution in [0.4, 0.5) is 0 Å². The lowest BCUT2D eigenvalue weighted by Crippen LogP contribution is -2.41. The molecule has 0 aliphatic carbocycles. The summed E-state index contributed by atoms with van der Waals surface area (Å²) in [4.78, 5) is 31.6. The standard InChI is InChI=1S/C22H48N10O2/c23-17(11-9-15-31-21(25)26)19(33)29-13-7-5-3-1-2-4-6-8-14-30-20(34)18(24)12-10-16-32-22(27)28/h17-18H,1-16,23-24H2,(H,29,33)(H,30,34)(H4,25,26,31)(H4,27,28,32). The molecule has 12 heteroatoms. The summed E-state index contributed by atoms with van der Waals surface area (Å²) in [7, 11) is 0. The molecule has 0 spiro atoms. The van der Waals surface area contributed by atoms with Gasteiger partial charge in [-0.15, -0.1) is 0 Å². The van der Waals surface area contributed by atoms with E-state index in [-0.39, 0.29) is 23.7 Å². The topological polar surface area (TPSA) is 239 Å². The van der Waals surface area contributed by atoms with Crippen LogP contribution in [-0.2, 0) is 9.59 Å². The van der Waals surface area contributed by atoms with Crippen molar-refractivity contribution in [3.8, 4) is 0 Å². The lowest BCUT2D eigenvalue weighted by molar-refractivity contribution is -0.123. The summed E-state index contributed by atoms with van der Waals surface area (Å²) < 4.78 is 0. The van der Waals surface area contributed by atoms with Gasteiger partial charge >= 0.3 is 0 Å². The summed E-state index contributed by atoms with van der Waals surface area (Å²) >= 11 is 0. The van der Waals surface area contributed by atoms with E-state index in [1.807, 2.05) is 0 Å². The first-order chi connectivity index (χ1) is 16.2. The number of carbonyl (C=O) groups is 2. The van der Waals surface area contributed by atoms with Crippen molar-refractivity contribution >= 4 is 23.7 Å². The summed E-state index contributed by atoms with van der Waals surface area (Å²) in [5.41, 5.74) is 32.7. The number of rotatable bonds is 21. The molecule has 2 unspecified atom stereocenters. The first kappa shape index (κ1) is 31.4. The van der Waals surface area contributed by atoms with Gasteiger partial charge in [0.25, 0.3) is 0 Å². The van der Waals surface area contributed by atoms with Crippen LogP contribution in [0.1, 0.15) is 77.0 Å². The second-order valence-electron chi connectivity index (χ2n) is 8.52. The van der Waals surface area contributed by atoms with Crippen LogP contribution in [0.15, 0.2) is 9.98 Å². The van der Waals surface area contributed by atoms with Crippen molar-refractivity contribution in [3.63, 3.8) is 0 Å². The molecule has 0 bridgehead atoms. The van der Waals surface area contributed by atoms with E-state index in [1.165, 1.54) is 12.8 Å². The number of aliphatic imine (C=N–C) groups is 2. The van der Waals surface area contributed by atoms with Crippen molar-refractivity contribution in [1.29, 1.82) is 0 Å². The Morgan fingerprint density at radius 1 is 0.559 bits per heavy atom. The normalized spacial score (nSPS) is 12.4. The maximum Gasteiger partial charge on any atom is 0.236 e. The van der Waals surface area contributed by atoms with Crippen LogP contribution < -0.4 is 45.0 Å². The van der Waals surface area contributed by atoms with E-state index >= 15 is 0 Å². The van der Waals surface area contributed by atoms with Gasteiger partial charge in [0.05, 0.1) is 12.1 Å². The van der Waals surface area contributed by atoms with Gasteiger partial charge in [0.1, 0.15) is 0 Å². The molecular formula is C22H48N10O2. The molecular weight excluding hydrogens is 436 g/mol. The molecule has 0 aliphatic rings. The Labute approximate surface area is 204 Å². The van der Waals surface area contributed by atoms with Crippen molar-refractivity contribution in [1.82, 2.24) is 10.6 Å². The monoisotopic (exact) mass is 484 g/mol. The molecule has 0 fully saturated rings. The molecule has 198 valence electrons. The van der Waals surface area contributed by atoms with Gasteiger partial charge in [0, 0.05) is 26.2 Å². The number of nitrogens with zero attached hydrogens (tertiary/aromatic N) is 2. The minimum absolute atomic E-state index is 0.0521. The fraction of sp³-hybridized carbons (Fsp3) is 0.818. The summed E-state index contributed by atoms with van der Waals surface area (Å²) in [6, 6.07) is -1.05. The van der Waals surface area contributed by atoms with Crippen LogP contribution in [0.3, 0.4) is 0 Å². The number of carbonyl (C=O) groups excluding carboxylic acids is 2. The third-order valence-corrected chi connectivity index (χ3v) is 5.31. The predicted octanol–water partition coefficient (Wildman–Crippen LogP) is -0.899. The Kier molecular flexibility index (Phi) is 19.4. The van der Waals surface area contributed by atoms with E-state index in [0.29, 0.717) is 51.9 Å². The van der Waals surface area contributed by atoms with Gasteiger partial charge in [0.15, 0.2) is 11.9 Å². The molecule has 14 N–H and O–H groups in total. The van der Waals surface area contributed by atoms with Gasteiger partial charge in [-0.05, 0) is 38.5 Å². The molecule has 0 aromatic heterocycles. The molecule has 0 aromatic carbocycles. The van der Waals surface area contributed by atoms with E-state index in [0.717, 1.165) is 38.5 Å². The highest BCUT2D eigenvalue weighted by Gasteiger charge is 2.12. The highest BCUT2D eigenvalue weighted by molar-refractivity contribution is 5.81. The van der Waals surface area contributed by atoms with Crippen molar-refractivity contribution in [2.24, 2.45) is 44.4 Å². The summed E-state index contributed by atoms with van der Waals surface area (Å²) in [6.07, 6.45) is 11.2. The molecule has 0 heterocycles. The second kappa shape index (κ2) is 21.0. The van der Waals surface area contributed by atoms with Gasteiger partial charge in [-0.1, -0.05) is 38.5 Å². The van der Waals surface area contributed by atoms with Crippen LogP contribution >= 0.6 is 0 Å². The first-order valence-electron chi connectivity index (χ1n) is 12.4. The molecule has 34 heavy (non-hydrogen) atoms. The van der Waals surface area contributed by atoms with Crippen molar-refractivity contribution < 1.29 is 9.59 Å². The molecule has 0 rings (SSSR count). The quantitative estimate of drug-likeness (QED) is 0.0575. The SMILES string of the molecule is NC(N)=NCCCC(N)C(=O)NCCCCCCCCCCNC(=O)C(N)CCCN=C(N)N. The highest BCUT2D eigenvalue weighted by Crippen LogP contribution is 2.08. The number of unbranched alkanes of at least 4 members (excludes halogenated alkanes) is 7. The molecule has 2 atom stereocenters. The van der Waals surface area contributed by atoms with Crippen LogP contribution in [-0.4, -0.2) is 62.0 Å². The van der Waals surface area contributed by atoms with Crippen LogP contribution in [0.5, 0.6) is 0 Å². The van der Waals surface area contributed by atoms with Crippen LogP contribution in [0.2, 0.25) is 0 Å². The van der Waals surface area contributed by atoms with E-state index in [2.05, 4.69) is 20.6 Å². The third kappa shape index (κ3) is 20.0.